The van der Waals surface area contributed by atoms with Crippen LogP contribution in [0.1, 0.15) is 46.5 Å². The van der Waals surface area contributed by atoms with Crippen LogP contribution in [0.25, 0.3) is 0 Å². The number of ether oxygens (including phenoxy) is 1. The second-order valence-electron chi connectivity index (χ2n) is 10.0. The normalized spacial score (nSPS) is 27.6. The minimum absolute atomic E-state index is 0.214. The number of hydrogen-bond donors (Lipinski definition) is 0. The van der Waals surface area contributed by atoms with Gasteiger partial charge in [0, 0.05) is 0 Å². The molecular weight excluding hydrogens is 497 g/mol. The monoisotopic (exact) mass is 519 g/mol. The van der Waals surface area contributed by atoms with Crippen molar-refractivity contribution in [1.82, 2.24) is 0 Å². The number of alkyl halides is 2. The molecule has 1 saturated heterocycles. The zero-order valence-corrected chi connectivity index (χ0v) is 21.2. The van der Waals surface area contributed by atoms with Crippen molar-refractivity contribution in [3.05, 3.63) is 101 Å². The van der Waals surface area contributed by atoms with Crippen LogP contribution in [0.5, 0.6) is 0 Å². The summed E-state index contributed by atoms with van der Waals surface area (Å²) in [7, 11) is 0. The molecule has 1 heterocycles. The lowest BCUT2D eigenvalue weighted by atomic mass is 9.54. The van der Waals surface area contributed by atoms with E-state index in [-0.39, 0.29) is 5.92 Å². The number of anilines is 1. The van der Waals surface area contributed by atoms with Crippen LogP contribution in [-0.4, -0.2) is 24.4 Å². The first-order valence-corrected chi connectivity index (χ1v) is 12.7. The van der Waals surface area contributed by atoms with Crippen LogP contribution in [-0.2, 0) is 24.1 Å². The Morgan fingerprint density at radius 3 is 1.61 bits per heavy atom. The third-order valence-corrected chi connectivity index (χ3v) is 8.78. The first kappa shape index (κ1) is 23.3. The molecule has 2 bridgehead atoms. The number of nitrogens with zero attached hydrogens (tertiary/aromatic N) is 1. The summed E-state index contributed by atoms with van der Waals surface area (Å²) in [5.74, 6) is -2.78. The van der Waals surface area contributed by atoms with Gasteiger partial charge in [-0.25, -0.2) is 9.69 Å². The molecule has 2 amide bonds. The maximum atomic E-state index is 14.0. The van der Waals surface area contributed by atoms with Crippen molar-refractivity contribution in [2.75, 3.05) is 11.5 Å². The van der Waals surface area contributed by atoms with Crippen molar-refractivity contribution < 1.29 is 19.1 Å². The van der Waals surface area contributed by atoms with Gasteiger partial charge in [0.2, 0.25) is 11.8 Å². The zero-order chi connectivity index (χ0) is 25.4. The summed E-state index contributed by atoms with van der Waals surface area (Å²) in [5.41, 5.74) is 3.74. The van der Waals surface area contributed by atoms with Crippen molar-refractivity contribution in [3.8, 4) is 0 Å². The lowest BCUT2D eigenvalue weighted by Gasteiger charge is -2.54. The number of hydrogen-bond acceptors (Lipinski definition) is 4. The van der Waals surface area contributed by atoms with Crippen LogP contribution in [0.4, 0.5) is 5.69 Å². The van der Waals surface area contributed by atoms with Crippen LogP contribution in [0, 0.1) is 17.8 Å². The van der Waals surface area contributed by atoms with Gasteiger partial charge >= 0.3 is 5.97 Å². The number of carbonyl (C=O) groups excluding carboxylic acids is 3. The molecule has 36 heavy (non-hydrogen) atoms. The van der Waals surface area contributed by atoms with Crippen molar-refractivity contribution in [2.45, 2.75) is 23.6 Å². The molecule has 182 valence electrons. The summed E-state index contributed by atoms with van der Waals surface area (Å²) >= 11 is 14.9. The largest absolute Gasteiger partial charge is 0.462 e. The van der Waals surface area contributed by atoms with Gasteiger partial charge in [0.15, 0.2) is 0 Å². The highest BCUT2D eigenvalue weighted by Crippen LogP contribution is 2.69. The van der Waals surface area contributed by atoms with Gasteiger partial charge in [-0.05, 0) is 52.4 Å². The molecule has 0 saturated carbocycles. The molecule has 3 aromatic rings. The lowest BCUT2D eigenvalue weighted by Crippen LogP contribution is -2.57. The number of benzene rings is 3. The van der Waals surface area contributed by atoms with E-state index >= 15 is 0 Å². The van der Waals surface area contributed by atoms with E-state index in [0.717, 1.165) is 22.3 Å². The number of halogens is 2. The van der Waals surface area contributed by atoms with E-state index in [2.05, 4.69) is 0 Å². The van der Waals surface area contributed by atoms with Crippen molar-refractivity contribution in [3.63, 3.8) is 0 Å². The van der Waals surface area contributed by atoms with E-state index < -0.39 is 39.4 Å². The van der Waals surface area contributed by atoms with E-state index in [1.165, 1.54) is 4.90 Å². The summed E-state index contributed by atoms with van der Waals surface area (Å²) in [6.07, 6.45) is 0. The molecular formula is C29H23Cl2NO4. The first-order chi connectivity index (χ1) is 17.2. The van der Waals surface area contributed by atoms with E-state index in [4.69, 9.17) is 27.9 Å². The maximum Gasteiger partial charge on any atom is 0.338 e. The molecule has 0 aromatic heterocycles. The molecule has 0 N–H and O–H groups in total. The molecule has 4 aliphatic rings. The quantitative estimate of drug-likeness (QED) is 0.255. The summed E-state index contributed by atoms with van der Waals surface area (Å²) in [5, 5.41) is 0. The van der Waals surface area contributed by atoms with Gasteiger partial charge < -0.3 is 4.74 Å². The average Bonchev–Trinajstić information content (AvgIpc) is 3.17. The molecule has 1 aliphatic heterocycles. The van der Waals surface area contributed by atoms with Crippen LogP contribution < -0.4 is 4.90 Å². The van der Waals surface area contributed by atoms with Crippen molar-refractivity contribution in [1.29, 1.82) is 0 Å². The van der Waals surface area contributed by atoms with Crippen LogP contribution in [0.3, 0.4) is 0 Å². The van der Waals surface area contributed by atoms with Crippen LogP contribution in [0.2, 0.25) is 0 Å². The van der Waals surface area contributed by atoms with E-state index in [9.17, 15) is 14.4 Å². The Labute approximate surface area is 219 Å². The van der Waals surface area contributed by atoms with E-state index in [0.29, 0.717) is 17.9 Å². The fourth-order valence-electron chi connectivity index (χ4n) is 5.99. The Morgan fingerprint density at radius 2 is 1.22 bits per heavy atom. The number of esters is 1. The standard InChI is InChI=1S/C29H23Cl2NO4/c1-16(2)15-36-27(35)17-11-13-18(14-12-17)32-25(33)23-24(26(32)34)29(31)20-8-4-3-7-19(20)28(23,30)21-9-5-6-10-22(21)29/h3-14,16,23-24H,15H2,1-2H3/t23-,24-,28?,29?/m0/s1. The van der Waals surface area contributed by atoms with Crippen molar-refractivity contribution in [2.24, 2.45) is 17.8 Å². The minimum Gasteiger partial charge on any atom is -0.462 e. The maximum absolute atomic E-state index is 14.0. The summed E-state index contributed by atoms with van der Waals surface area (Å²) in [6, 6.07) is 21.4. The second kappa shape index (κ2) is 7.92. The molecule has 3 aromatic carbocycles. The molecule has 0 radical (unpaired) electrons. The van der Waals surface area contributed by atoms with E-state index in [1.807, 2.05) is 62.4 Å². The highest BCUT2D eigenvalue weighted by molar-refractivity contribution is 6.38. The second-order valence-corrected chi connectivity index (χ2v) is 11.2. The number of imide groups is 1. The van der Waals surface area contributed by atoms with Crippen molar-refractivity contribution >= 4 is 46.7 Å². The lowest BCUT2D eigenvalue weighted by molar-refractivity contribution is -0.122. The molecule has 0 unspecified atom stereocenters. The molecule has 1 fully saturated rings. The molecule has 5 nitrogen and oxygen atoms in total. The Balaban J connectivity index is 1.44. The fourth-order valence-corrected chi connectivity index (χ4v) is 7.09. The predicted molar refractivity (Wildman–Crippen MR) is 137 cm³/mol. The SMILES string of the molecule is CC(C)COC(=O)c1ccc(N2C(=O)[C@@H]3[C@@H](C2=O)C2(Cl)c4ccccc4C3(Cl)c3ccccc32)cc1. The van der Waals surface area contributed by atoms with Gasteiger partial charge in [-0.3, -0.25) is 9.59 Å². The molecule has 2 atom stereocenters. The Kier molecular flexibility index (Phi) is 5.12. The van der Waals surface area contributed by atoms with Gasteiger partial charge in [0.05, 0.1) is 29.7 Å². The zero-order valence-electron chi connectivity index (χ0n) is 19.7. The smallest absolute Gasteiger partial charge is 0.338 e. The molecule has 0 spiro atoms. The third-order valence-electron chi connectivity index (χ3n) is 7.49. The van der Waals surface area contributed by atoms with Gasteiger partial charge in [0.1, 0.15) is 9.75 Å². The molecule has 7 heteroatoms. The molecule has 3 aliphatic carbocycles. The fraction of sp³-hybridized carbons (Fsp3) is 0.276. The first-order valence-electron chi connectivity index (χ1n) is 11.9. The van der Waals surface area contributed by atoms with Gasteiger partial charge in [-0.15, -0.1) is 23.2 Å². The minimum atomic E-state index is -1.23. The summed E-state index contributed by atoms with van der Waals surface area (Å²) in [6.45, 7) is 4.22. The third kappa shape index (κ3) is 2.87. The number of carbonyl (C=O) groups is 3. The van der Waals surface area contributed by atoms with Crippen LogP contribution >= 0.6 is 23.2 Å². The van der Waals surface area contributed by atoms with Crippen LogP contribution in [0.15, 0.2) is 72.8 Å². The highest BCUT2D eigenvalue weighted by Gasteiger charge is 2.73. The average molecular weight is 520 g/mol. The highest BCUT2D eigenvalue weighted by atomic mass is 35.5. The van der Waals surface area contributed by atoms with Gasteiger partial charge in [-0.2, -0.15) is 0 Å². The Hall–Kier alpha value is -3.15. The molecule has 7 rings (SSSR count). The summed E-state index contributed by atoms with van der Waals surface area (Å²) < 4.78 is 5.29. The van der Waals surface area contributed by atoms with Gasteiger partial charge in [-0.1, -0.05) is 62.4 Å². The van der Waals surface area contributed by atoms with E-state index in [1.54, 1.807) is 24.3 Å². The summed E-state index contributed by atoms with van der Waals surface area (Å²) in [4.78, 5) is 39.0. The van der Waals surface area contributed by atoms with Gasteiger partial charge in [0.25, 0.3) is 0 Å². The number of amides is 2. The predicted octanol–water partition coefficient (Wildman–Crippen LogP) is 5.60. The number of rotatable bonds is 4. The topological polar surface area (TPSA) is 63.7 Å². The Morgan fingerprint density at radius 1 is 0.806 bits per heavy atom. The Bertz CT molecular complexity index is 1310.